The van der Waals surface area contributed by atoms with Gasteiger partial charge in [-0.15, -0.1) is 0 Å². The first-order chi connectivity index (χ1) is 12.0. The zero-order valence-corrected chi connectivity index (χ0v) is 15.3. The predicted octanol–water partition coefficient (Wildman–Crippen LogP) is 1.27. The van der Waals surface area contributed by atoms with Crippen molar-refractivity contribution in [1.82, 2.24) is 20.4 Å². The van der Waals surface area contributed by atoms with E-state index in [1.165, 1.54) is 5.57 Å². The molecule has 7 nitrogen and oxygen atoms in total. The van der Waals surface area contributed by atoms with Gasteiger partial charge in [0.05, 0.1) is 19.3 Å². The fourth-order valence-corrected chi connectivity index (χ4v) is 3.23. The molecule has 1 aromatic rings. The third kappa shape index (κ3) is 4.48. The van der Waals surface area contributed by atoms with E-state index in [0.717, 1.165) is 37.2 Å². The van der Waals surface area contributed by atoms with Gasteiger partial charge in [-0.2, -0.15) is 5.10 Å². The van der Waals surface area contributed by atoms with Crippen LogP contribution in [0.5, 0.6) is 0 Å². The van der Waals surface area contributed by atoms with E-state index in [4.69, 9.17) is 9.47 Å². The van der Waals surface area contributed by atoms with Crippen molar-refractivity contribution in [2.24, 2.45) is 0 Å². The number of hydrogen-bond acceptors (Lipinski definition) is 5. The molecule has 0 aromatic carbocycles. The Kier molecular flexibility index (Phi) is 5.88. The Morgan fingerprint density at radius 3 is 3.16 bits per heavy atom. The van der Waals surface area contributed by atoms with Crippen LogP contribution in [0, 0.1) is 0 Å². The second-order valence-corrected chi connectivity index (χ2v) is 7.11. The molecule has 0 spiro atoms. The van der Waals surface area contributed by atoms with Gasteiger partial charge in [0.1, 0.15) is 6.10 Å². The third-order valence-electron chi connectivity index (χ3n) is 4.76. The number of ether oxygens (including phenoxy) is 2. The van der Waals surface area contributed by atoms with Crippen LogP contribution in [0.3, 0.4) is 0 Å². The van der Waals surface area contributed by atoms with Gasteiger partial charge in [0.15, 0.2) is 5.69 Å². The van der Waals surface area contributed by atoms with Gasteiger partial charge in [-0.05, 0) is 27.3 Å². The summed E-state index contributed by atoms with van der Waals surface area (Å²) in [7, 11) is 2.06. The Morgan fingerprint density at radius 2 is 2.36 bits per heavy atom. The molecule has 25 heavy (non-hydrogen) atoms. The number of allylic oxidation sites excluding steroid dienone is 1. The molecule has 1 amide bonds. The lowest BCUT2D eigenvalue weighted by Crippen LogP contribution is -2.50. The molecule has 1 fully saturated rings. The van der Waals surface area contributed by atoms with Crippen molar-refractivity contribution in [3.8, 4) is 0 Å². The second kappa shape index (κ2) is 8.12. The van der Waals surface area contributed by atoms with E-state index in [-0.39, 0.29) is 18.1 Å². The van der Waals surface area contributed by atoms with E-state index < -0.39 is 0 Å². The third-order valence-corrected chi connectivity index (χ3v) is 4.76. The molecule has 1 saturated heterocycles. The molecule has 0 saturated carbocycles. The molecule has 2 aliphatic rings. The molecular formula is C18H28N4O3. The normalized spacial score (nSPS) is 23.8. The van der Waals surface area contributed by atoms with Crippen LogP contribution in [0.1, 0.15) is 42.0 Å². The highest BCUT2D eigenvalue weighted by Gasteiger charge is 2.30. The molecule has 2 N–H and O–H groups in total. The quantitative estimate of drug-likeness (QED) is 0.784. The number of nitrogens with one attached hydrogen (secondary N) is 2. The molecule has 7 heteroatoms. The maximum atomic E-state index is 12.8. The molecule has 1 aromatic heterocycles. The van der Waals surface area contributed by atoms with Gasteiger partial charge in [0.2, 0.25) is 0 Å². The van der Waals surface area contributed by atoms with Crippen molar-refractivity contribution in [3.05, 3.63) is 28.6 Å². The predicted molar refractivity (Wildman–Crippen MR) is 94.5 cm³/mol. The van der Waals surface area contributed by atoms with E-state index in [9.17, 15) is 4.79 Å². The van der Waals surface area contributed by atoms with Crippen molar-refractivity contribution >= 4 is 5.91 Å². The van der Waals surface area contributed by atoms with Crippen LogP contribution in [-0.4, -0.2) is 66.6 Å². The molecule has 3 heterocycles. The summed E-state index contributed by atoms with van der Waals surface area (Å²) < 4.78 is 11.4. The number of nitrogens with zero attached hydrogens (tertiary/aromatic N) is 2. The van der Waals surface area contributed by atoms with Crippen LogP contribution >= 0.6 is 0 Å². The zero-order valence-electron chi connectivity index (χ0n) is 15.3. The summed E-state index contributed by atoms with van der Waals surface area (Å²) >= 11 is 0. The van der Waals surface area contributed by atoms with Crippen molar-refractivity contribution < 1.29 is 14.3 Å². The van der Waals surface area contributed by atoms with Crippen LogP contribution < -0.4 is 5.32 Å². The first kappa shape index (κ1) is 18.1. The van der Waals surface area contributed by atoms with Gasteiger partial charge in [0, 0.05) is 37.4 Å². The fourth-order valence-electron chi connectivity index (χ4n) is 3.23. The van der Waals surface area contributed by atoms with Crippen LogP contribution in [0.2, 0.25) is 0 Å². The lowest BCUT2D eigenvalue weighted by Gasteiger charge is -2.32. The molecule has 2 aliphatic heterocycles. The molecule has 0 unspecified atom stereocenters. The van der Waals surface area contributed by atoms with Crippen LogP contribution in [0.15, 0.2) is 11.6 Å². The molecule has 0 bridgehead atoms. The Balaban J connectivity index is 1.64. The van der Waals surface area contributed by atoms with E-state index in [1.54, 1.807) is 0 Å². The number of carbonyl (C=O) groups is 1. The van der Waals surface area contributed by atoms with Gasteiger partial charge in [-0.25, -0.2) is 0 Å². The van der Waals surface area contributed by atoms with E-state index >= 15 is 0 Å². The largest absolute Gasteiger partial charge is 0.379 e. The second-order valence-electron chi connectivity index (χ2n) is 7.11. The topological polar surface area (TPSA) is 79.5 Å². The Morgan fingerprint density at radius 1 is 1.52 bits per heavy atom. The van der Waals surface area contributed by atoms with Crippen LogP contribution in [-0.2, 0) is 22.4 Å². The first-order valence-corrected chi connectivity index (χ1v) is 8.93. The molecule has 0 radical (unpaired) electrons. The highest BCUT2D eigenvalue weighted by molar-refractivity contribution is 5.94. The summed E-state index contributed by atoms with van der Waals surface area (Å²) in [5.74, 6) is -0.129. The number of hydrogen-bond donors (Lipinski definition) is 2. The van der Waals surface area contributed by atoms with Gasteiger partial charge in [0.25, 0.3) is 5.91 Å². The molecule has 2 atom stereocenters. The number of amides is 1. The summed E-state index contributed by atoms with van der Waals surface area (Å²) in [6.45, 7) is 7.48. The highest BCUT2D eigenvalue weighted by atomic mass is 16.5. The number of aromatic nitrogens is 2. The minimum absolute atomic E-state index is 0.0551. The minimum atomic E-state index is -0.134. The number of likely N-dealkylation sites (N-methyl/N-ethyl adjacent to an activating group) is 1. The lowest BCUT2D eigenvalue weighted by atomic mass is 10.0. The minimum Gasteiger partial charge on any atom is -0.379 e. The number of rotatable bonds is 5. The van der Waals surface area contributed by atoms with Crippen LogP contribution in [0.4, 0.5) is 0 Å². The summed E-state index contributed by atoms with van der Waals surface area (Å²) in [6.07, 6.45) is 3.55. The average Bonchev–Trinajstić information content (AvgIpc) is 2.99. The van der Waals surface area contributed by atoms with Gasteiger partial charge in [-0.3, -0.25) is 9.89 Å². The Bertz CT molecular complexity index is 636. The van der Waals surface area contributed by atoms with Gasteiger partial charge >= 0.3 is 0 Å². The first-order valence-electron chi connectivity index (χ1n) is 8.93. The van der Waals surface area contributed by atoms with E-state index in [1.807, 2.05) is 19.9 Å². The monoisotopic (exact) mass is 348 g/mol. The number of fused-ring (bicyclic) bond motifs is 1. The number of carbonyl (C=O) groups excluding carboxylic acids is 1. The lowest BCUT2D eigenvalue weighted by molar-refractivity contribution is -0.0589. The smallest absolute Gasteiger partial charge is 0.272 e. The molecule has 138 valence electrons. The fraction of sp³-hybridized carbons (Fsp3) is 0.667. The molecular weight excluding hydrogens is 320 g/mol. The Labute approximate surface area is 148 Å². The standard InChI is InChI=1S/C18H28N4O3/c1-12(2)5-9-25-16-11-24-8-6-15(16)19-18(23)17-13-10-22(3)7-4-14(13)20-21-17/h5,15-16H,4,6-11H2,1-3H3,(H,19,23)(H,20,21)/t15-,16-/m1/s1. The zero-order chi connectivity index (χ0) is 17.8. The van der Waals surface area contributed by atoms with Gasteiger partial charge < -0.3 is 19.7 Å². The summed E-state index contributed by atoms with van der Waals surface area (Å²) in [5.41, 5.74) is 3.81. The molecule has 0 aliphatic carbocycles. The van der Waals surface area contributed by atoms with Crippen molar-refractivity contribution in [3.63, 3.8) is 0 Å². The summed E-state index contributed by atoms with van der Waals surface area (Å²) in [4.78, 5) is 15.0. The van der Waals surface area contributed by atoms with E-state index in [0.29, 0.717) is 25.5 Å². The van der Waals surface area contributed by atoms with Crippen molar-refractivity contribution in [2.45, 2.75) is 45.4 Å². The van der Waals surface area contributed by atoms with Crippen LogP contribution in [0.25, 0.3) is 0 Å². The number of aromatic amines is 1. The number of H-pyrrole nitrogens is 1. The Hall–Kier alpha value is -1.70. The van der Waals surface area contributed by atoms with Gasteiger partial charge in [-0.1, -0.05) is 11.6 Å². The summed E-state index contributed by atoms with van der Waals surface area (Å²) in [5, 5.41) is 10.4. The SMILES string of the molecule is CC(C)=CCO[C@@H]1COCC[C@H]1NC(=O)c1n[nH]c2c1CN(C)CC2. The average molecular weight is 348 g/mol. The van der Waals surface area contributed by atoms with Crippen molar-refractivity contribution in [1.29, 1.82) is 0 Å². The maximum Gasteiger partial charge on any atom is 0.272 e. The maximum absolute atomic E-state index is 12.8. The van der Waals surface area contributed by atoms with Crippen molar-refractivity contribution in [2.75, 3.05) is 33.4 Å². The summed E-state index contributed by atoms with van der Waals surface area (Å²) in [6, 6.07) is -0.0551. The van der Waals surface area contributed by atoms with E-state index in [2.05, 4.69) is 27.5 Å². The highest BCUT2D eigenvalue weighted by Crippen LogP contribution is 2.20. The molecule has 3 rings (SSSR count).